The molecule has 4 aliphatic carbocycles. The summed E-state index contributed by atoms with van der Waals surface area (Å²) < 4.78 is 127. The monoisotopic (exact) mass is 1290 g/mol. The Bertz CT molecular complexity index is 3560. The molecule has 4 heterocycles. The Labute approximate surface area is 522 Å². The first-order chi connectivity index (χ1) is 42.3. The summed E-state index contributed by atoms with van der Waals surface area (Å²) in [6.45, 7) is 13.0. The number of alkyl halides is 5. The smallest absolute Gasteiger partial charge is 0.380 e. The van der Waals surface area contributed by atoms with Gasteiger partial charge < -0.3 is 24.9 Å². The van der Waals surface area contributed by atoms with Crippen LogP contribution in [-0.2, 0) is 42.4 Å². The number of amides is 4. The lowest BCUT2D eigenvalue weighted by Gasteiger charge is -2.72. The first-order valence-corrected chi connectivity index (χ1v) is 35.0. The van der Waals surface area contributed by atoms with Crippen LogP contribution in [0, 0.1) is 16.2 Å². The van der Waals surface area contributed by atoms with Gasteiger partial charge >= 0.3 is 5.51 Å². The van der Waals surface area contributed by atoms with Gasteiger partial charge in [0.2, 0.25) is 18.2 Å². The largest absolute Gasteiger partial charge is 0.501 e. The van der Waals surface area contributed by atoms with Gasteiger partial charge in [0.05, 0.1) is 10.6 Å². The van der Waals surface area contributed by atoms with Gasteiger partial charge in [-0.05, 0) is 160 Å². The molecule has 0 radical (unpaired) electrons. The van der Waals surface area contributed by atoms with Gasteiger partial charge in [-0.15, -0.1) is 11.8 Å². The highest BCUT2D eigenvalue weighted by atomic mass is 32.2. The van der Waals surface area contributed by atoms with E-state index in [0.717, 1.165) is 131 Å². The van der Waals surface area contributed by atoms with Crippen molar-refractivity contribution in [1.82, 2.24) is 29.6 Å². The van der Waals surface area contributed by atoms with Crippen molar-refractivity contribution in [2.24, 2.45) is 16.2 Å². The third-order valence-corrected chi connectivity index (χ3v) is 23.7. The number of aryl methyl sites for hydroxylation is 1. The maximum Gasteiger partial charge on any atom is 0.501 e. The van der Waals surface area contributed by atoms with Crippen LogP contribution in [0.15, 0.2) is 117 Å². The Morgan fingerprint density at radius 3 is 2.15 bits per heavy atom. The lowest BCUT2D eigenvalue weighted by atomic mass is 9.32. The van der Waals surface area contributed by atoms with E-state index in [-0.39, 0.29) is 34.6 Å². The molecule has 24 heteroatoms. The number of anilines is 2. The average molecular weight is 1290 g/mol. The molecule has 3 saturated heterocycles. The summed E-state index contributed by atoms with van der Waals surface area (Å²) in [5.41, 5.74) is -0.724. The van der Waals surface area contributed by atoms with E-state index >= 15 is 0 Å². The molecule has 3 N–H and O–H groups in total. The van der Waals surface area contributed by atoms with Gasteiger partial charge in [0, 0.05) is 117 Å². The van der Waals surface area contributed by atoms with Crippen LogP contribution >= 0.6 is 11.8 Å². The Hall–Kier alpha value is -5.92. The highest BCUT2D eigenvalue weighted by Crippen LogP contribution is 2.79. The highest BCUT2D eigenvalue weighted by Gasteiger charge is 2.73. The summed E-state index contributed by atoms with van der Waals surface area (Å²) in [6, 6.07) is 22.5. The van der Waals surface area contributed by atoms with Crippen LogP contribution in [0.1, 0.15) is 123 Å². The highest BCUT2D eigenvalue weighted by molar-refractivity contribution is 7.99. The summed E-state index contributed by atoms with van der Waals surface area (Å²) in [7, 11) is -11.1. The standard InChI is InChI=1S/C65H79F5N8O8S3/c1-62(2)25-23-46(53(37-62)63-41-64(42-63,43-63)61(66)67)38-76-32-34-77(35-33-76)48-17-15-45(16-18-48)58(80)73-89(85,86)50-19-20-54(56(36-50)88(83,84)65(68,69)70)71-47(40-87-49-12-6-3-7-13-49)24-27-75-30-28-74(29-31-75)26-8-4-5-10-44-11-9-14-51-52(44)39-78(60(51)82)55-21-22-57(79)72-59(55)81/h3,6-7,9,11-20,36,47,55,61,71H,4-5,8,10,21-35,37-43H2,1-2H3,(H,73,80)(H,72,79,81)/t47-,55?,63?,64?/m1/s1. The zero-order valence-electron chi connectivity index (χ0n) is 50.4. The van der Waals surface area contributed by atoms with Crippen LogP contribution in [0.25, 0.3) is 0 Å². The zero-order chi connectivity index (χ0) is 63.1. The van der Waals surface area contributed by atoms with Gasteiger partial charge in [-0.2, -0.15) is 13.2 Å². The van der Waals surface area contributed by atoms with Gasteiger partial charge in [0.15, 0.2) is 0 Å². The van der Waals surface area contributed by atoms with Crippen LogP contribution in [0.5, 0.6) is 0 Å². The van der Waals surface area contributed by atoms with E-state index < -0.39 is 76.6 Å². The van der Waals surface area contributed by atoms with Crippen molar-refractivity contribution >= 4 is 66.6 Å². The molecule has 2 bridgehead atoms. The molecule has 0 aromatic heterocycles. The first kappa shape index (κ1) is 64.6. The van der Waals surface area contributed by atoms with E-state index in [1.807, 2.05) is 47.2 Å². The Kier molecular flexibility index (Phi) is 18.9. The maximum absolute atomic E-state index is 14.5. The van der Waals surface area contributed by atoms with Crippen molar-refractivity contribution in [3.05, 3.63) is 124 Å². The van der Waals surface area contributed by atoms with Crippen LogP contribution in [0.2, 0.25) is 0 Å². The number of piperidine rings is 1. The Morgan fingerprint density at radius 1 is 0.787 bits per heavy atom. The topological polar surface area (TPSA) is 189 Å². The van der Waals surface area contributed by atoms with Crippen molar-refractivity contribution < 1.29 is 58.0 Å². The maximum atomic E-state index is 14.5. The number of nitrogens with one attached hydrogen (secondary N) is 3. The molecule has 4 aromatic carbocycles. The number of fused-ring (bicyclic) bond motifs is 1. The SMILES string of the molecule is CC1(C)CCC(CN2CCN(c3ccc(C(=O)NS(=O)(=O)c4ccc(N[C@H](CCN5CCN(CCCCCc6cccc7c6CN(C6CCC(=O)NC6=O)C7=O)CC5)CSc5ccccc5)c(S(=O)(=O)C(F)(F)F)c4)cc3)CC2)=C(C23CC(C(F)F)(C2)C3)C1. The van der Waals surface area contributed by atoms with Crippen LogP contribution in [0.4, 0.5) is 33.3 Å². The van der Waals surface area contributed by atoms with Crippen LogP contribution < -0.4 is 20.3 Å². The summed E-state index contributed by atoms with van der Waals surface area (Å²) in [5, 5.41) is 5.41. The fourth-order valence-electron chi connectivity index (χ4n) is 14.5. The quantitative estimate of drug-likeness (QED) is 0.0198. The van der Waals surface area contributed by atoms with E-state index in [1.165, 1.54) is 35.0 Å². The number of carbonyl (C=O) groups excluding carboxylic acids is 4. The summed E-state index contributed by atoms with van der Waals surface area (Å²) >= 11 is 1.44. The number of allylic oxidation sites excluding steroid dienone is 1. The lowest BCUT2D eigenvalue weighted by molar-refractivity contribution is -0.250. The van der Waals surface area contributed by atoms with Gasteiger partial charge in [0.25, 0.3) is 31.7 Å². The molecule has 4 aliphatic heterocycles. The normalized spacial score (nSPS) is 23.9. The van der Waals surface area contributed by atoms with E-state index in [2.05, 4.69) is 44.1 Å². The first-order valence-electron chi connectivity index (χ1n) is 31.1. The minimum absolute atomic E-state index is 0.0392. The zero-order valence-corrected chi connectivity index (χ0v) is 52.8. The molecule has 480 valence electrons. The molecular weight excluding hydrogens is 1210 g/mol. The molecule has 8 aliphatic rings. The van der Waals surface area contributed by atoms with E-state index in [0.29, 0.717) is 75.7 Å². The van der Waals surface area contributed by atoms with Crippen molar-refractivity contribution in [3.63, 3.8) is 0 Å². The number of thioether (sulfide) groups is 1. The average Bonchev–Trinajstić information content (AvgIpc) is 0.869. The molecule has 89 heavy (non-hydrogen) atoms. The number of unbranched alkanes of at least 4 members (excludes halogenated alkanes) is 2. The number of sulfone groups is 1. The number of imide groups is 1. The molecule has 16 nitrogen and oxygen atoms in total. The molecule has 3 saturated carbocycles. The number of piperazine rings is 2. The fraction of sp³-hybridized carbons (Fsp3) is 0.538. The minimum Gasteiger partial charge on any atom is -0.380 e. The summed E-state index contributed by atoms with van der Waals surface area (Å²) in [6.07, 6.45) is 7.00. The van der Waals surface area contributed by atoms with E-state index in [4.69, 9.17) is 0 Å². The molecule has 4 aromatic rings. The molecule has 4 amide bonds. The van der Waals surface area contributed by atoms with Crippen molar-refractivity contribution in [1.29, 1.82) is 0 Å². The third-order valence-electron chi connectivity index (χ3n) is 19.6. The fourth-order valence-corrected chi connectivity index (χ4v) is 17.6. The van der Waals surface area contributed by atoms with Crippen LogP contribution in [-0.4, -0.2) is 162 Å². The number of carbonyl (C=O) groups is 4. The lowest BCUT2D eigenvalue weighted by Crippen LogP contribution is -2.66. The van der Waals surface area contributed by atoms with E-state index in [1.54, 1.807) is 23.1 Å². The van der Waals surface area contributed by atoms with Gasteiger partial charge in [0.1, 0.15) is 10.9 Å². The van der Waals surface area contributed by atoms with Gasteiger partial charge in [-0.1, -0.05) is 61.7 Å². The van der Waals surface area contributed by atoms with Crippen LogP contribution in [0.3, 0.4) is 0 Å². The van der Waals surface area contributed by atoms with Gasteiger partial charge in [-0.3, -0.25) is 29.4 Å². The molecule has 1 unspecified atom stereocenters. The summed E-state index contributed by atoms with van der Waals surface area (Å²) in [4.78, 5) is 60.7. The number of rotatable bonds is 24. The third kappa shape index (κ3) is 14.1. The van der Waals surface area contributed by atoms with Crippen molar-refractivity contribution in [3.8, 4) is 0 Å². The predicted octanol–water partition coefficient (Wildman–Crippen LogP) is 9.92. The molecular formula is C65H79F5N8O8S3. The second kappa shape index (κ2) is 26.0. The molecule has 6 fully saturated rings. The van der Waals surface area contributed by atoms with E-state index in [9.17, 15) is 58.0 Å². The Balaban J connectivity index is 0.675. The minimum atomic E-state index is -6.14. The number of nitrogens with zero attached hydrogens (tertiary/aromatic N) is 5. The molecule has 2 atom stereocenters. The summed E-state index contributed by atoms with van der Waals surface area (Å²) in [5.74, 6) is -1.68. The van der Waals surface area contributed by atoms with Crippen molar-refractivity contribution in [2.45, 2.75) is 143 Å². The molecule has 0 spiro atoms. The number of hydrogen-bond acceptors (Lipinski definition) is 14. The number of sulfonamides is 1. The number of benzene rings is 4. The second-order valence-corrected chi connectivity index (χ2v) is 31.0. The van der Waals surface area contributed by atoms with Crippen molar-refractivity contribution in [2.75, 3.05) is 88.0 Å². The predicted molar refractivity (Wildman–Crippen MR) is 331 cm³/mol. The number of halogens is 5. The number of hydrogen-bond donors (Lipinski definition) is 3. The second-order valence-electron chi connectivity index (χ2n) is 26.3. The Morgan fingerprint density at radius 2 is 1.47 bits per heavy atom. The molecule has 12 rings (SSSR count). The van der Waals surface area contributed by atoms with Gasteiger partial charge in [-0.25, -0.2) is 30.3 Å².